The quantitative estimate of drug-likeness (QED) is 0.617. The lowest BCUT2D eigenvalue weighted by Gasteiger charge is -2.25. The molecule has 1 saturated heterocycles. The Morgan fingerprint density at radius 2 is 2.10 bits per heavy atom. The van der Waals surface area contributed by atoms with E-state index in [1.807, 2.05) is 30.3 Å². The van der Waals surface area contributed by atoms with E-state index in [9.17, 15) is 4.79 Å². The molecule has 2 aromatic rings. The van der Waals surface area contributed by atoms with Crippen molar-refractivity contribution in [3.63, 3.8) is 0 Å². The van der Waals surface area contributed by atoms with Gasteiger partial charge in [-0.05, 0) is 12.1 Å². The molecular weight excluding hydrogens is 258 g/mol. The zero-order valence-electron chi connectivity index (χ0n) is 10.5. The van der Waals surface area contributed by atoms with Crippen LogP contribution in [-0.4, -0.2) is 33.4 Å². The Bertz CT molecular complexity index is 653. The van der Waals surface area contributed by atoms with Gasteiger partial charge in [-0.2, -0.15) is 0 Å². The molecule has 8 heteroatoms. The lowest BCUT2D eigenvalue weighted by Crippen LogP contribution is -2.46. The number of benzene rings is 1. The molecule has 3 heterocycles. The van der Waals surface area contributed by atoms with Crippen LogP contribution in [0.5, 0.6) is 0 Å². The van der Waals surface area contributed by atoms with Crippen LogP contribution in [0.4, 0.5) is 17.6 Å². The van der Waals surface area contributed by atoms with Gasteiger partial charge in [0.1, 0.15) is 6.17 Å². The lowest BCUT2D eigenvalue weighted by molar-refractivity contribution is 0.0829. The highest BCUT2D eigenvalue weighted by Gasteiger charge is 2.41. The molecule has 102 valence electrons. The second-order valence-electron chi connectivity index (χ2n) is 4.77. The van der Waals surface area contributed by atoms with Crippen molar-refractivity contribution < 1.29 is 4.79 Å². The Morgan fingerprint density at radius 1 is 1.25 bits per heavy atom. The summed E-state index contributed by atoms with van der Waals surface area (Å²) in [6.07, 6.45) is -0.135. The maximum atomic E-state index is 12.5. The number of hydrogen-bond acceptors (Lipinski definition) is 7. The fourth-order valence-corrected chi connectivity index (χ4v) is 2.49. The fraction of sp³-hybridized carbons (Fsp3) is 0.250. The zero-order chi connectivity index (χ0) is 13.5. The SMILES string of the molecule is O=C1C2CNNC2Nc2nnc(Nc3ccccc3)n21. The number of rotatable bonds is 2. The van der Waals surface area contributed by atoms with E-state index >= 15 is 0 Å². The van der Waals surface area contributed by atoms with Crippen molar-refractivity contribution >= 4 is 23.5 Å². The van der Waals surface area contributed by atoms with Crippen LogP contribution >= 0.6 is 0 Å². The molecule has 1 aromatic heterocycles. The van der Waals surface area contributed by atoms with Crippen molar-refractivity contribution in [2.75, 3.05) is 17.2 Å². The number of carbonyl (C=O) groups is 1. The summed E-state index contributed by atoms with van der Waals surface area (Å²) in [7, 11) is 0. The fourth-order valence-electron chi connectivity index (χ4n) is 2.49. The topological polar surface area (TPSA) is 95.9 Å². The number of aromatic nitrogens is 3. The summed E-state index contributed by atoms with van der Waals surface area (Å²) in [5.74, 6) is 0.680. The number of nitrogens with one attached hydrogen (secondary N) is 4. The van der Waals surface area contributed by atoms with Gasteiger partial charge < -0.3 is 10.6 Å². The molecule has 2 aliphatic heterocycles. The summed E-state index contributed by atoms with van der Waals surface area (Å²) in [6.45, 7) is 0.582. The Balaban J connectivity index is 1.69. The molecule has 2 atom stereocenters. The molecule has 0 radical (unpaired) electrons. The molecule has 8 nitrogen and oxygen atoms in total. The summed E-state index contributed by atoms with van der Waals surface area (Å²) >= 11 is 0. The van der Waals surface area contributed by atoms with Gasteiger partial charge in [-0.1, -0.05) is 18.2 Å². The zero-order valence-corrected chi connectivity index (χ0v) is 10.5. The molecule has 0 bridgehead atoms. The van der Waals surface area contributed by atoms with Gasteiger partial charge >= 0.3 is 0 Å². The molecule has 4 N–H and O–H groups in total. The van der Waals surface area contributed by atoms with Crippen LogP contribution in [0.15, 0.2) is 30.3 Å². The second-order valence-corrected chi connectivity index (χ2v) is 4.77. The molecule has 0 spiro atoms. The van der Waals surface area contributed by atoms with Crippen molar-refractivity contribution in [3.05, 3.63) is 30.3 Å². The van der Waals surface area contributed by atoms with Crippen LogP contribution in [0, 0.1) is 5.92 Å². The van der Waals surface area contributed by atoms with Crippen LogP contribution < -0.4 is 21.5 Å². The number of hydrazine groups is 1. The van der Waals surface area contributed by atoms with E-state index in [1.54, 1.807) is 0 Å². The van der Waals surface area contributed by atoms with E-state index < -0.39 is 0 Å². The standard InChI is InChI=1S/C12H13N7O/c20-10-8-6-13-16-9(8)15-12-18-17-11(19(10)12)14-7-4-2-1-3-5-7/h1-5,8-9,13,16H,6H2,(H,14,17)(H,15,18). The first kappa shape index (κ1) is 11.4. The van der Waals surface area contributed by atoms with E-state index in [0.29, 0.717) is 18.4 Å². The van der Waals surface area contributed by atoms with Crippen molar-refractivity contribution in [2.45, 2.75) is 6.17 Å². The monoisotopic (exact) mass is 271 g/mol. The predicted octanol–water partition coefficient (Wildman–Crippen LogP) is 0.137. The third-order valence-electron chi connectivity index (χ3n) is 3.50. The number of anilines is 3. The van der Waals surface area contributed by atoms with Gasteiger partial charge in [-0.3, -0.25) is 10.2 Å². The van der Waals surface area contributed by atoms with Gasteiger partial charge in [0.25, 0.3) is 0 Å². The summed E-state index contributed by atoms with van der Waals surface area (Å²) < 4.78 is 1.49. The van der Waals surface area contributed by atoms with Crippen LogP contribution in [0.2, 0.25) is 0 Å². The molecular formula is C12H13N7O. The molecule has 1 aromatic carbocycles. The molecule has 0 amide bonds. The van der Waals surface area contributed by atoms with Gasteiger partial charge in [0.2, 0.25) is 17.8 Å². The average Bonchev–Trinajstić information content (AvgIpc) is 3.08. The molecule has 0 aliphatic carbocycles. The largest absolute Gasteiger partial charge is 0.337 e. The molecule has 4 rings (SSSR count). The molecule has 20 heavy (non-hydrogen) atoms. The van der Waals surface area contributed by atoms with Crippen LogP contribution in [0.25, 0.3) is 0 Å². The van der Waals surface area contributed by atoms with Crippen LogP contribution in [-0.2, 0) is 0 Å². The molecule has 2 unspecified atom stereocenters. The van der Waals surface area contributed by atoms with Gasteiger partial charge in [0.05, 0.1) is 5.92 Å². The third kappa shape index (κ3) is 1.66. The number of fused-ring (bicyclic) bond motifs is 2. The Hall–Kier alpha value is -2.45. The van der Waals surface area contributed by atoms with Gasteiger partial charge in [0.15, 0.2) is 0 Å². The summed E-state index contributed by atoms with van der Waals surface area (Å²) in [4.78, 5) is 12.5. The summed E-state index contributed by atoms with van der Waals surface area (Å²) in [6, 6.07) is 9.57. The van der Waals surface area contributed by atoms with E-state index in [0.717, 1.165) is 5.69 Å². The molecule has 2 aliphatic rings. The first-order chi connectivity index (χ1) is 9.83. The number of nitrogens with zero attached hydrogens (tertiary/aromatic N) is 3. The Morgan fingerprint density at radius 3 is 2.95 bits per heavy atom. The van der Waals surface area contributed by atoms with Gasteiger partial charge in [-0.25, -0.2) is 9.99 Å². The van der Waals surface area contributed by atoms with E-state index in [1.165, 1.54) is 4.57 Å². The van der Waals surface area contributed by atoms with Crippen LogP contribution in [0.3, 0.4) is 0 Å². The normalized spacial score (nSPS) is 23.9. The smallest absolute Gasteiger partial charge is 0.244 e. The van der Waals surface area contributed by atoms with Gasteiger partial charge in [0, 0.05) is 12.2 Å². The van der Waals surface area contributed by atoms with E-state index in [2.05, 4.69) is 31.7 Å². The number of carbonyl (C=O) groups excluding carboxylic acids is 1. The minimum Gasteiger partial charge on any atom is -0.337 e. The highest BCUT2D eigenvalue weighted by molar-refractivity contribution is 5.90. The lowest BCUT2D eigenvalue weighted by atomic mass is 10.1. The Labute approximate surface area is 114 Å². The minimum absolute atomic E-state index is 0.0234. The predicted molar refractivity (Wildman–Crippen MR) is 72.4 cm³/mol. The Kier molecular flexibility index (Phi) is 2.44. The minimum atomic E-state index is -0.171. The first-order valence-electron chi connectivity index (χ1n) is 6.39. The maximum Gasteiger partial charge on any atom is 0.244 e. The number of hydrogen-bond donors (Lipinski definition) is 4. The van der Waals surface area contributed by atoms with E-state index in [4.69, 9.17) is 0 Å². The van der Waals surface area contributed by atoms with Crippen LogP contribution in [0.1, 0.15) is 4.79 Å². The van der Waals surface area contributed by atoms with Crippen molar-refractivity contribution in [2.24, 2.45) is 5.92 Å². The van der Waals surface area contributed by atoms with Gasteiger partial charge in [-0.15, -0.1) is 10.2 Å². The third-order valence-corrected chi connectivity index (χ3v) is 3.50. The second kappa shape index (κ2) is 4.29. The maximum absolute atomic E-state index is 12.5. The van der Waals surface area contributed by atoms with Crippen molar-refractivity contribution in [1.29, 1.82) is 0 Å². The number of para-hydroxylation sites is 1. The summed E-state index contributed by atoms with van der Waals surface area (Å²) in [5, 5.41) is 14.3. The van der Waals surface area contributed by atoms with E-state index in [-0.39, 0.29) is 18.0 Å². The average molecular weight is 271 g/mol. The van der Waals surface area contributed by atoms with Crippen molar-refractivity contribution in [3.8, 4) is 0 Å². The highest BCUT2D eigenvalue weighted by Crippen LogP contribution is 2.26. The summed E-state index contributed by atoms with van der Waals surface area (Å²) in [5.41, 5.74) is 6.84. The molecule has 0 saturated carbocycles. The molecule has 1 fully saturated rings. The van der Waals surface area contributed by atoms with Crippen molar-refractivity contribution in [1.82, 2.24) is 25.6 Å². The highest BCUT2D eigenvalue weighted by atomic mass is 16.2. The first-order valence-corrected chi connectivity index (χ1v) is 6.39.